The second kappa shape index (κ2) is 2.75. The molecule has 0 spiro atoms. The fraction of sp³-hybridized carbons (Fsp3) is 0.412. The van der Waals surface area contributed by atoms with Gasteiger partial charge in [0.1, 0.15) is 0 Å². The van der Waals surface area contributed by atoms with Crippen LogP contribution in [0, 0.1) is 11.8 Å². The highest BCUT2D eigenvalue weighted by Gasteiger charge is 2.52. The Morgan fingerprint density at radius 3 is 1.94 bits per heavy atom. The second-order valence-electron chi connectivity index (χ2n) is 6.18. The third-order valence-corrected chi connectivity index (χ3v) is 5.60. The van der Waals surface area contributed by atoms with Gasteiger partial charge in [-0.3, -0.25) is 0 Å². The summed E-state index contributed by atoms with van der Waals surface area (Å²) in [6.45, 7) is 0. The highest BCUT2D eigenvalue weighted by atomic mass is 14.6. The van der Waals surface area contributed by atoms with Crippen molar-refractivity contribution < 1.29 is 0 Å². The lowest BCUT2D eigenvalue weighted by molar-refractivity contribution is 0.379. The smallest absolute Gasteiger partial charge is 0.00555 e. The van der Waals surface area contributed by atoms with E-state index in [1.165, 1.54) is 24.6 Å². The van der Waals surface area contributed by atoms with E-state index in [4.69, 9.17) is 0 Å². The van der Waals surface area contributed by atoms with Crippen LogP contribution in [0.25, 0.3) is 10.8 Å². The molecule has 84 valence electrons. The molecule has 0 amide bonds. The average Bonchev–Trinajstić information content (AvgIpc) is 3.03. The van der Waals surface area contributed by atoms with E-state index in [9.17, 15) is 0 Å². The molecular formula is C17H16. The molecule has 2 aromatic rings. The minimum Gasteiger partial charge on any atom is -0.0613 e. The van der Waals surface area contributed by atoms with Crippen LogP contribution in [0.2, 0.25) is 0 Å². The van der Waals surface area contributed by atoms with E-state index in [-0.39, 0.29) is 0 Å². The van der Waals surface area contributed by atoms with Crippen molar-refractivity contribution in [2.24, 2.45) is 11.8 Å². The standard InChI is InChI=1S/C17H16/c1-3-10-4-2-6-14-15(10)13(5-1)16-11-7-8-12(9-11)17(14)16/h1-6,11-12,16-17H,7-9H2/t11-,12+,16-,17+. The molecule has 5 rings (SSSR count). The second-order valence-corrected chi connectivity index (χ2v) is 6.18. The Morgan fingerprint density at radius 2 is 1.35 bits per heavy atom. The lowest BCUT2D eigenvalue weighted by Crippen LogP contribution is -2.13. The molecule has 0 nitrogen and oxygen atoms in total. The van der Waals surface area contributed by atoms with E-state index in [1.54, 1.807) is 16.5 Å². The van der Waals surface area contributed by atoms with Gasteiger partial charge in [0.15, 0.2) is 0 Å². The third-order valence-electron chi connectivity index (χ3n) is 5.60. The minimum absolute atomic E-state index is 0.870. The van der Waals surface area contributed by atoms with Gasteiger partial charge in [0.25, 0.3) is 0 Å². The molecule has 0 aliphatic heterocycles. The zero-order chi connectivity index (χ0) is 11.0. The van der Waals surface area contributed by atoms with Gasteiger partial charge in [0, 0.05) is 0 Å². The molecule has 2 saturated carbocycles. The van der Waals surface area contributed by atoms with Gasteiger partial charge in [-0.2, -0.15) is 0 Å². The molecule has 0 N–H and O–H groups in total. The van der Waals surface area contributed by atoms with Crippen LogP contribution in [-0.4, -0.2) is 0 Å². The Kier molecular flexibility index (Phi) is 1.41. The number of hydrogen-bond acceptors (Lipinski definition) is 0. The zero-order valence-corrected chi connectivity index (χ0v) is 9.89. The van der Waals surface area contributed by atoms with Crippen LogP contribution in [0.4, 0.5) is 0 Å². The summed E-state index contributed by atoms with van der Waals surface area (Å²) in [5, 5.41) is 3.08. The first-order valence-electron chi connectivity index (χ1n) is 6.95. The predicted molar refractivity (Wildman–Crippen MR) is 70.3 cm³/mol. The van der Waals surface area contributed by atoms with Gasteiger partial charge in [-0.15, -0.1) is 0 Å². The van der Waals surface area contributed by atoms with E-state index in [0.29, 0.717) is 0 Å². The molecule has 0 aromatic heterocycles. The highest BCUT2D eigenvalue weighted by Crippen LogP contribution is 2.65. The Bertz CT molecular complexity index is 574. The summed E-state index contributed by atoms with van der Waals surface area (Å²) in [5.74, 6) is 3.72. The van der Waals surface area contributed by atoms with Crippen LogP contribution in [0.3, 0.4) is 0 Å². The largest absolute Gasteiger partial charge is 0.0613 e. The number of hydrogen-bond donors (Lipinski definition) is 0. The Morgan fingerprint density at radius 1 is 0.765 bits per heavy atom. The summed E-state index contributed by atoms with van der Waals surface area (Å²) in [6, 6.07) is 13.9. The topological polar surface area (TPSA) is 0 Å². The molecule has 2 fully saturated rings. The maximum absolute atomic E-state index is 2.40. The quantitative estimate of drug-likeness (QED) is 0.615. The Labute approximate surface area is 102 Å². The fourth-order valence-electron chi connectivity index (χ4n) is 5.14. The fourth-order valence-corrected chi connectivity index (χ4v) is 5.14. The Hall–Kier alpha value is -1.30. The molecule has 0 heterocycles. The van der Waals surface area contributed by atoms with Crippen LogP contribution >= 0.6 is 0 Å². The summed E-state index contributed by atoms with van der Waals surface area (Å²) >= 11 is 0. The van der Waals surface area contributed by atoms with Crippen LogP contribution in [0.5, 0.6) is 0 Å². The van der Waals surface area contributed by atoms with Crippen LogP contribution < -0.4 is 0 Å². The predicted octanol–water partition coefficient (Wildman–Crippen LogP) is 4.45. The number of fused-ring (bicyclic) bond motifs is 7. The zero-order valence-electron chi connectivity index (χ0n) is 9.89. The molecule has 2 bridgehead atoms. The molecule has 17 heavy (non-hydrogen) atoms. The summed E-state index contributed by atoms with van der Waals surface area (Å²) < 4.78 is 0. The van der Waals surface area contributed by atoms with Crippen molar-refractivity contribution >= 4 is 10.8 Å². The van der Waals surface area contributed by atoms with E-state index in [0.717, 1.165) is 23.7 Å². The van der Waals surface area contributed by atoms with Crippen LogP contribution in [0.15, 0.2) is 36.4 Å². The van der Waals surface area contributed by atoms with Crippen molar-refractivity contribution in [3.05, 3.63) is 47.5 Å². The first-order chi connectivity index (χ1) is 8.43. The van der Waals surface area contributed by atoms with E-state index < -0.39 is 0 Å². The van der Waals surface area contributed by atoms with Gasteiger partial charge in [0.05, 0.1) is 0 Å². The molecule has 0 heteroatoms. The van der Waals surface area contributed by atoms with Gasteiger partial charge < -0.3 is 0 Å². The molecule has 0 unspecified atom stereocenters. The van der Waals surface area contributed by atoms with Gasteiger partial charge in [0.2, 0.25) is 0 Å². The molecule has 0 saturated heterocycles. The van der Waals surface area contributed by atoms with Crippen molar-refractivity contribution in [3.63, 3.8) is 0 Å². The molecule has 2 aromatic carbocycles. The van der Waals surface area contributed by atoms with E-state index in [2.05, 4.69) is 36.4 Å². The van der Waals surface area contributed by atoms with Crippen LogP contribution in [0.1, 0.15) is 42.2 Å². The molecule has 3 aliphatic rings. The highest BCUT2D eigenvalue weighted by molar-refractivity contribution is 5.92. The molecule has 4 atom stereocenters. The third kappa shape index (κ3) is 0.887. The van der Waals surface area contributed by atoms with Crippen molar-refractivity contribution in [2.45, 2.75) is 31.1 Å². The minimum atomic E-state index is 0.870. The van der Waals surface area contributed by atoms with Gasteiger partial charge in [-0.25, -0.2) is 0 Å². The maximum atomic E-state index is 2.40. The number of benzene rings is 2. The van der Waals surface area contributed by atoms with Gasteiger partial charge in [-0.1, -0.05) is 36.4 Å². The van der Waals surface area contributed by atoms with Gasteiger partial charge >= 0.3 is 0 Å². The lowest BCUT2D eigenvalue weighted by Gasteiger charge is -2.26. The first kappa shape index (κ1) is 8.74. The molecule has 0 radical (unpaired) electrons. The van der Waals surface area contributed by atoms with Crippen LogP contribution in [-0.2, 0) is 0 Å². The first-order valence-corrected chi connectivity index (χ1v) is 6.95. The lowest BCUT2D eigenvalue weighted by atomic mass is 9.78. The van der Waals surface area contributed by atoms with Crippen molar-refractivity contribution in [1.82, 2.24) is 0 Å². The monoisotopic (exact) mass is 220 g/mol. The van der Waals surface area contributed by atoms with Crippen molar-refractivity contribution in [1.29, 1.82) is 0 Å². The summed E-state index contributed by atoms with van der Waals surface area (Å²) in [6.07, 6.45) is 4.46. The normalized spacial score (nSPS) is 36.7. The Balaban J connectivity index is 1.90. The number of rotatable bonds is 0. The SMILES string of the molecule is c1cc2c3c(cccc3c1)[C@H]1[C@@H]3CC[C@@H](C3)[C@@H]21. The summed E-state index contributed by atoms with van der Waals surface area (Å²) in [5.41, 5.74) is 3.35. The summed E-state index contributed by atoms with van der Waals surface area (Å²) in [7, 11) is 0. The molecule has 3 aliphatic carbocycles. The average molecular weight is 220 g/mol. The summed E-state index contributed by atoms with van der Waals surface area (Å²) in [4.78, 5) is 0. The van der Waals surface area contributed by atoms with Gasteiger partial charge in [-0.05, 0) is 64.8 Å². The van der Waals surface area contributed by atoms with E-state index in [1.807, 2.05) is 0 Å². The van der Waals surface area contributed by atoms with Crippen molar-refractivity contribution in [3.8, 4) is 0 Å². The molecular weight excluding hydrogens is 204 g/mol. The van der Waals surface area contributed by atoms with Crippen molar-refractivity contribution in [2.75, 3.05) is 0 Å². The van der Waals surface area contributed by atoms with E-state index >= 15 is 0 Å². The maximum Gasteiger partial charge on any atom is -0.00555 e.